The van der Waals surface area contributed by atoms with Crippen LogP contribution < -0.4 is 10.6 Å². The van der Waals surface area contributed by atoms with E-state index in [4.69, 9.17) is 10.2 Å². The quantitative estimate of drug-likeness (QED) is 0.662. The van der Waals surface area contributed by atoms with E-state index in [1.165, 1.54) is 12.8 Å². The van der Waals surface area contributed by atoms with E-state index in [0.717, 1.165) is 19.0 Å². The first-order chi connectivity index (χ1) is 5.36. The van der Waals surface area contributed by atoms with Crippen molar-refractivity contribution in [2.45, 2.75) is 12.8 Å². The number of nitrogen functional groups attached to an aromatic ring is 1. The van der Waals surface area contributed by atoms with Gasteiger partial charge in [0.25, 0.3) is 0 Å². The Balaban J connectivity index is 2.15. The Hall–Kier alpha value is -1.12. The van der Waals surface area contributed by atoms with Gasteiger partial charge >= 0.3 is 0 Å². The molecular formula is C8H12N2O. The minimum atomic E-state index is 0.506. The number of hydrogen-bond acceptors (Lipinski definition) is 3. The standard InChI is InChI=1S/C8H12N2O/c9-7-3-4-8(11-7)10-5-1-2-6-10/h3-4H,1-2,5-6,9H2. The van der Waals surface area contributed by atoms with Crippen molar-refractivity contribution < 1.29 is 4.42 Å². The molecule has 2 heterocycles. The third-order valence-corrected chi connectivity index (χ3v) is 2.03. The molecule has 0 aromatic carbocycles. The zero-order valence-electron chi connectivity index (χ0n) is 6.42. The van der Waals surface area contributed by atoms with Crippen molar-refractivity contribution in [2.75, 3.05) is 23.7 Å². The zero-order chi connectivity index (χ0) is 7.68. The topological polar surface area (TPSA) is 42.4 Å². The number of rotatable bonds is 1. The molecule has 1 aromatic rings. The highest BCUT2D eigenvalue weighted by molar-refractivity contribution is 5.42. The molecule has 1 aromatic heterocycles. The van der Waals surface area contributed by atoms with Crippen LogP contribution in [-0.4, -0.2) is 13.1 Å². The molecule has 0 saturated carbocycles. The summed E-state index contributed by atoms with van der Waals surface area (Å²) < 4.78 is 5.27. The molecule has 2 rings (SSSR count). The van der Waals surface area contributed by atoms with E-state index >= 15 is 0 Å². The van der Waals surface area contributed by atoms with E-state index in [-0.39, 0.29) is 0 Å². The summed E-state index contributed by atoms with van der Waals surface area (Å²) in [5.74, 6) is 1.42. The lowest BCUT2D eigenvalue weighted by molar-refractivity contribution is 0.575. The Bertz CT molecular complexity index is 238. The van der Waals surface area contributed by atoms with Crippen molar-refractivity contribution in [3.63, 3.8) is 0 Å². The molecule has 0 bridgehead atoms. The lowest BCUT2D eigenvalue weighted by atomic mass is 10.4. The largest absolute Gasteiger partial charge is 0.425 e. The highest BCUT2D eigenvalue weighted by atomic mass is 16.4. The maximum absolute atomic E-state index is 5.45. The Morgan fingerprint density at radius 3 is 2.55 bits per heavy atom. The average molecular weight is 152 g/mol. The van der Waals surface area contributed by atoms with Crippen LogP contribution in [0.2, 0.25) is 0 Å². The van der Waals surface area contributed by atoms with Gasteiger partial charge in [-0.25, -0.2) is 0 Å². The first kappa shape index (κ1) is 6.58. The fraction of sp³-hybridized carbons (Fsp3) is 0.500. The third-order valence-electron chi connectivity index (χ3n) is 2.03. The van der Waals surface area contributed by atoms with Crippen molar-refractivity contribution in [1.29, 1.82) is 0 Å². The third kappa shape index (κ3) is 1.18. The summed E-state index contributed by atoms with van der Waals surface area (Å²) in [7, 11) is 0. The fourth-order valence-electron chi connectivity index (χ4n) is 1.45. The number of furan rings is 1. The van der Waals surface area contributed by atoms with Gasteiger partial charge in [-0.2, -0.15) is 0 Å². The van der Waals surface area contributed by atoms with Gasteiger partial charge in [-0.3, -0.25) is 0 Å². The summed E-state index contributed by atoms with van der Waals surface area (Å²) in [6.07, 6.45) is 2.53. The fourth-order valence-corrected chi connectivity index (χ4v) is 1.45. The van der Waals surface area contributed by atoms with Crippen molar-refractivity contribution in [2.24, 2.45) is 0 Å². The minimum absolute atomic E-state index is 0.506. The van der Waals surface area contributed by atoms with Crippen LogP contribution in [0, 0.1) is 0 Å². The van der Waals surface area contributed by atoms with Gasteiger partial charge in [-0.15, -0.1) is 0 Å². The van der Waals surface area contributed by atoms with Crippen LogP contribution in [0.3, 0.4) is 0 Å². The molecular weight excluding hydrogens is 140 g/mol. The van der Waals surface area contributed by atoms with Gasteiger partial charge < -0.3 is 15.1 Å². The normalized spacial score (nSPS) is 17.6. The zero-order valence-corrected chi connectivity index (χ0v) is 6.42. The molecule has 11 heavy (non-hydrogen) atoms. The highest BCUT2D eigenvalue weighted by Crippen LogP contribution is 2.23. The summed E-state index contributed by atoms with van der Waals surface area (Å²) in [6.45, 7) is 2.21. The van der Waals surface area contributed by atoms with Crippen molar-refractivity contribution in [3.8, 4) is 0 Å². The molecule has 0 spiro atoms. The lowest BCUT2D eigenvalue weighted by Crippen LogP contribution is -2.16. The molecule has 0 atom stereocenters. The molecule has 1 saturated heterocycles. The predicted molar refractivity (Wildman–Crippen MR) is 44.6 cm³/mol. The van der Waals surface area contributed by atoms with Crippen LogP contribution in [0.4, 0.5) is 11.8 Å². The van der Waals surface area contributed by atoms with Crippen LogP contribution in [0.5, 0.6) is 0 Å². The summed E-state index contributed by atoms with van der Waals surface area (Å²) in [6, 6.07) is 3.73. The second kappa shape index (κ2) is 2.49. The monoisotopic (exact) mass is 152 g/mol. The van der Waals surface area contributed by atoms with E-state index in [1.807, 2.05) is 6.07 Å². The first-order valence-corrected chi connectivity index (χ1v) is 3.96. The van der Waals surface area contributed by atoms with Gasteiger partial charge in [0.05, 0.1) is 0 Å². The average Bonchev–Trinajstić information content (AvgIpc) is 2.55. The number of anilines is 2. The molecule has 3 heteroatoms. The van der Waals surface area contributed by atoms with Gasteiger partial charge in [0.1, 0.15) is 0 Å². The van der Waals surface area contributed by atoms with E-state index in [9.17, 15) is 0 Å². The van der Waals surface area contributed by atoms with Gasteiger partial charge in [-0.1, -0.05) is 0 Å². The summed E-state index contributed by atoms with van der Waals surface area (Å²) >= 11 is 0. The molecule has 1 fully saturated rings. The first-order valence-electron chi connectivity index (χ1n) is 3.96. The molecule has 0 unspecified atom stereocenters. The second-order valence-electron chi connectivity index (χ2n) is 2.87. The van der Waals surface area contributed by atoms with Gasteiger partial charge in [-0.05, 0) is 12.8 Å². The van der Waals surface area contributed by atoms with Crippen molar-refractivity contribution in [1.82, 2.24) is 0 Å². The molecule has 3 nitrogen and oxygen atoms in total. The minimum Gasteiger partial charge on any atom is -0.425 e. The molecule has 0 aliphatic carbocycles. The predicted octanol–water partition coefficient (Wildman–Crippen LogP) is 1.46. The van der Waals surface area contributed by atoms with Crippen LogP contribution >= 0.6 is 0 Å². The number of nitrogens with two attached hydrogens (primary N) is 1. The van der Waals surface area contributed by atoms with Gasteiger partial charge in [0.15, 0.2) is 11.8 Å². The van der Waals surface area contributed by atoms with Crippen molar-refractivity contribution in [3.05, 3.63) is 12.1 Å². The van der Waals surface area contributed by atoms with Gasteiger partial charge in [0, 0.05) is 25.2 Å². The Kier molecular flexibility index (Phi) is 1.49. The Morgan fingerprint density at radius 2 is 2.00 bits per heavy atom. The molecule has 1 aliphatic rings. The highest BCUT2D eigenvalue weighted by Gasteiger charge is 2.14. The maximum atomic E-state index is 5.45. The molecule has 60 valence electrons. The second-order valence-corrected chi connectivity index (χ2v) is 2.87. The van der Waals surface area contributed by atoms with E-state index in [2.05, 4.69) is 4.90 Å². The summed E-state index contributed by atoms with van der Waals surface area (Å²) in [5.41, 5.74) is 5.45. The Morgan fingerprint density at radius 1 is 1.27 bits per heavy atom. The van der Waals surface area contributed by atoms with Crippen LogP contribution in [0.1, 0.15) is 12.8 Å². The molecule has 1 aliphatic heterocycles. The smallest absolute Gasteiger partial charge is 0.198 e. The van der Waals surface area contributed by atoms with Crippen LogP contribution in [0.15, 0.2) is 16.5 Å². The van der Waals surface area contributed by atoms with Gasteiger partial charge in [0.2, 0.25) is 0 Å². The number of nitrogens with zero attached hydrogens (tertiary/aromatic N) is 1. The van der Waals surface area contributed by atoms with Crippen LogP contribution in [-0.2, 0) is 0 Å². The van der Waals surface area contributed by atoms with E-state index < -0.39 is 0 Å². The molecule has 0 amide bonds. The van der Waals surface area contributed by atoms with E-state index in [0.29, 0.717) is 5.88 Å². The summed E-state index contributed by atoms with van der Waals surface area (Å²) in [4.78, 5) is 2.22. The lowest BCUT2D eigenvalue weighted by Gasteiger charge is -2.12. The maximum Gasteiger partial charge on any atom is 0.198 e. The Labute approximate surface area is 65.8 Å². The van der Waals surface area contributed by atoms with Crippen LogP contribution in [0.25, 0.3) is 0 Å². The van der Waals surface area contributed by atoms with Crippen molar-refractivity contribution >= 4 is 11.8 Å². The molecule has 2 N–H and O–H groups in total. The summed E-state index contributed by atoms with van der Waals surface area (Å²) in [5, 5.41) is 0. The SMILES string of the molecule is Nc1ccc(N2CCCC2)o1. The van der Waals surface area contributed by atoms with E-state index in [1.54, 1.807) is 6.07 Å². The number of hydrogen-bond donors (Lipinski definition) is 1. The molecule has 0 radical (unpaired) electrons.